The van der Waals surface area contributed by atoms with Crippen LogP contribution in [0, 0.1) is 12.3 Å². The highest BCUT2D eigenvalue weighted by Crippen LogP contribution is 2.31. The number of allylic oxidation sites excluding steroid dienone is 2. The number of hydrogen-bond donors (Lipinski definition) is 1. The highest BCUT2D eigenvalue weighted by atomic mass is 16.5. The van der Waals surface area contributed by atoms with Crippen LogP contribution < -0.4 is 10.1 Å². The number of rotatable bonds is 19. The maximum absolute atomic E-state index is 12.9. The molecule has 188 valence electrons. The maximum atomic E-state index is 12.9. The van der Waals surface area contributed by atoms with Gasteiger partial charge in [-0.1, -0.05) is 109 Å². The van der Waals surface area contributed by atoms with Crippen molar-refractivity contribution in [2.75, 3.05) is 12.4 Å². The topological polar surface area (TPSA) is 38.3 Å². The number of unbranched alkanes of at least 4 members (excludes halogenated alkanes) is 12. The van der Waals surface area contributed by atoms with Crippen LogP contribution in [0.2, 0.25) is 0 Å². The van der Waals surface area contributed by atoms with Crippen molar-refractivity contribution < 1.29 is 9.53 Å². The second kappa shape index (κ2) is 17.7. The molecule has 0 radical (unpaired) electrons. The van der Waals surface area contributed by atoms with Crippen LogP contribution in [0.15, 0.2) is 30.4 Å². The molecule has 1 aromatic carbocycles. The number of benzene rings is 1. The lowest BCUT2D eigenvalue weighted by Gasteiger charge is -2.25. The van der Waals surface area contributed by atoms with Crippen molar-refractivity contribution in [1.82, 2.24) is 0 Å². The molecule has 1 amide bonds. The van der Waals surface area contributed by atoms with E-state index in [-0.39, 0.29) is 11.3 Å². The summed E-state index contributed by atoms with van der Waals surface area (Å²) in [6.45, 7) is 8.36. The number of carbonyl (C=O) groups excluding carboxylic acids is 1. The molecule has 0 atom stereocenters. The number of ether oxygens (including phenoxy) is 1. The summed E-state index contributed by atoms with van der Waals surface area (Å²) < 4.78 is 5.41. The standard InChI is InChI=1S/C30H51NO2/c1-6-7-8-9-10-11-12-13-14-15-16-17-18-19-20-21-25-30(3,4)29(32)31-28-26(2)23-22-24-27(28)33-5/h13-14,22-24H,6-12,15-21,25H2,1-5H3,(H,31,32)/b14-13+. The molecular weight excluding hydrogens is 406 g/mol. The molecule has 0 saturated heterocycles. The predicted octanol–water partition coefficient (Wildman–Crippen LogP) is 9.40. The molecule has 0 spiro atoms. The van der Waals surface area contributed by atoms with E-state index in [0.29, 0.717) is 0 Å². The summed E-state index contributed by atoms with van der Waals surface area (Å²) in [7, 11) is 1.64. The van der Waals surface area contributed by atoms with Gasteiger partial charge in [-0.2, -0.15) is 0 Å². The fourth-order valence-electron chi connectivity index (χ4n) is 4.18. The number of carbonyl (C=O) groups is 1. The van der Waals surface area contributed by atoms with Gasteiger partial charge in [-0.15, -0.1) is 0 Å². The zero-order chi connectivity index (χ0) is 24.4. The van der Waals surface area contributed by atoms with Crippen molar-refractivity contribution in [3.05, 3.63) is 35.9 Å². The molecule has 0 heterocycles. The van der Waals surface area contributed by atoms with E-state index in [9.17, 15) is 4.79 Å². The first kappa shape index (κ1) is 29.3. The molecule has 0 aromatic heterocycles. The first-order valence-electron chi connectivity index (χ1n) is 13.5. The molecule has 0 aliphatic carbocycles. The molecule has 0 saturated carbocycles. The Morgan fingerprint density at radius 2 is 1.42 bits per heavy atom. The number of hydrogen-bond acceptors (Lipinski definition) is 2. The van der Waals surface area contributed by atoms with E-state index >= 15 is 0 Å². The molecule has 1 aromatic rings. The molecule has 0 aliphatic heterocycles. The summed E-state index contributed by atoms with van der Waals surface area (Å²) in [5.41, 5.74) is 1.43. The van der Waals surface area contributed by atoms with E-state index in [1.807, 2.05) is 39.0 Å². The summed E-state index contributed by atoms with van der Waals surface area (Å²) in [5, 5.41) is 3.10. The minimum atomic E-state index is -0.381. The van der Waals surface area contributed by atoms with E-state index in [1.54, 1.807) is 7.11 Å². The molecule has 1 rings (SSSR count). The molecule has 0 fully saturated rings. The zero-order valence-electron chi connectivity index (χ0n) is 22.3. The minimum Gasteiger partial charge on any atom is -0.495 e. The van der Waals surface area contributed by atoms with Crippen LogP contribution >= 0.6 is 0 Å². The van der Waals surface area contributed by atoms with Gasteiger partial charge in [0.2, 0.25) is 5.91 Å². The van der Waals surface area contributed by atoms with Gasteiger partial charge in [-0.3, -0.25) is 4.79 Å². The highest BCUT2D eigenvalue weighted by molar-refractivity contribution is 5.96. The quantitative estimate of drug-likeness (QED) is 0.166. The fourth-order valence-corrected chi connectivity index (χ4v) is 4.18. The highest BCUT2D eigenvalue weighted by Gasteiger charge is 2.28. The zero-order valence-corrected chi connectivity index (χ0v) is 22.3. The van der Waals surface area contributed by atoms with E-state index in [2.05, 4.69) is 24.4 Å². The van der Waals surface area contributed by atoms with Crippen LogP contribution in [-0.4, -0.2) is 13.0 Å². The Labute approximate surface area is 204 Å². The molecule has 0 aliphatic rings. The van der Waals surface area contributed by atoms with Gasteiger partial charge < -0.3 is 10.1 Å². The third-order valence-corrected chi connectivity index (χ3v) is 6.62. The number of aryl methyl sites for hydroxylation is 1. The monoisotopic (exact) mass is 457 g/mol. The van der Waals surface area contributed by atoms with Crippen LogP contribution in [0.25, 0.3) is 0 Å². The van der Waals surface area contributed by atoms with Crippen LogP contribution in [0.3, 0.4) is 0 Å². The van der Waals surface area contributed by atoms with Crippen LogP contribution in [0.5, 0.6) is 5.75 Å². The van der Waals surface area contributed by atoms with E-state index in [4.69, 9.17) is 4.74 Å². The lowest BCUT2D eigenvalue weighted by atomic mass is 9.85. The average Bonchev–Trinajstić information content (AvgIpc) is 2.80. The third kappa shape index (κ3) is 12.9. The van der Waals surface area contributed by atoms with Crippen molar-refractivity contribution in [1.29, 1.82) is 0 Å². The Bertz CT molecular complexity index is 678. The molecule has 3 heteroatoms. The molecule has 0 bridgehead atoms. The number of para-hydroxylation sites is 1. The van der Waals surface area contributed by atoms with Gasteiger partial charge in [0.05, 0.1) is 12.8 Å². The van der Waals surface area contributed by atoms with Gasteiger partial charge in [0.25, 0.3) is 0 Å². The van der Waals surface area contributed by atoms with Gasteiger partial charge in [0, 0.05) is 5.41 Å². The maximum Gasteiger partial charge on any atom is 0.230 e. The molecule has 1 N–H and O–H groups in total. The van der Waals surface area contributed by atoms with E-state index in [1.165, 1.54) is 83.5 Å². The Balaban J connectivity index is 2.09. The number of methoxy groups -OCH3 is 1. The van der Waals surface area contributed by atoms with E-state index in [0.717, 1.165) is 29.8 Å². The smallest absolute Gasteiger partial charge is 0.230 e. The van der Waals surface area contributed by atoms with E-state index < -0.39 is 0 Å². The summed E-state index contributed by atoms with van der Waals surface area (Å²) in [6, 6.07) is 5.83. The minimum absolute atomic E-state index is 0.0721. The average molecular weight is 458 g/mol. The number of nitrogens with one attached hydrogen (secondary N) is 1. The lowest BCUT2D eigenvalue weighted by Crippen LogP contribution is -2.31. The van der Waals surface area contributed by atoms with Crippen LogP contribution in [-0.2, 0) is 4.79 Å². The Hall–Kier alpha value is -1.77. The Kier molecular flexibility index (Phi) is 15.7. The van der Waals surface area contributed by atoms with Crippen molar-refractivity contribution in [3.63, 3.8) is 0 Å². The first-order chi connectivity index (χ1) is 15.9. The normalized spacial score (nSPS) is 11.8. The van der Waals surface area contributed by atoms with Crippen molar-refractivity contribution in [3.8, 4) is 5.75 Å². The fraction of sp³-hybridized carbons (Fsp3) is 0.700. The molecular formula is C30H51NO2. The van der Waals surface area contributed by atoms with Gasteiger partial charge in [-0.05, 0) is 50.7 Å². The SMILES string of the molecule is CCCCCCCC/C=C/CCCCCCCCC(C)(C)C(=O)Nc1c(C)cccc1OC. The molecule has 0 unspecified atom stereocenters. The lowest BCUT2D eigenvalue weighted by molar-refractivity contribution is -0.124. The summed E-state index contributed by atoms with van der Waals surface area (Å²) in [4.78, 5) is 12.9. The van der Waals surface area contributed by atoms with Gasteiger partial charge >= 0.3 is 0 Å². The van der Waals surface area contributed by atoms with Crippen molar-refractivity contribution in [2.24, 2.45) is 5.41 Å². The first-order valence-corrected chi connectivity index (χ1v) is 13.5. The van der Waals surface area contributed by atoms with Gasteiger partial charge in [0.15, 0.2) is 0 Å². The second-order valence-electron chi connectivity index (χ2n) is 10.2. The third-order valence-electron chi connectivity index (χ3n) is 6.62. The van der Waals surface area contributed by atoms with Crippen LogP contribution in [0.1, 0.15) is 123 Å². The Morgan fingerprint density at radius 1 is 0.879 bits per heavy atom. The number of anilines is 1. The largest absolute Gasteiger partial charge is 0.495 e. The number of amides is 1. The molecule has 33 heavy (non-hydrogen) atoms. The summed E-state index contributed by atoms with van der Waals surface area (Å²) in [5.74, 6) is 0.791. The summed E-state index contributed by atoms with van der Waals surface area (Å²) in [6.07, 6.45) is 24.0. The van der Waals surface area contributed by atoms with Gasteiger partial charge in [0.1, 0.15) is 5.75 Å². The summed E-state index contributed by atoms with van der Waals surface area (Å²) >= 11 is 0. The van der Waals surface area contributed by atoms with Crippen molar-refractivity contribution in [2.45, 2.75) is 124 Å². The van der Waals surface area contributed by atoms with Crippen molar-refractivity contribution >= 4 is 11.6 Å². The Morgan fingerprint density at radius 3 is 2.00 bits per heavy atom. The predicted molar refractivity (Wildman–Crippen MR) is 144 cm³/mol. The van der Waals surface area contributed by atoms with Gasteiger partial charge in [-0.25, -0.2) is 0 Å². The second-order valence-corrected chi connectivity index (χ2v) is 10.2. The van der Waals surface area contributed by atoms with Crippen LogP contribution in [0.4, 0.5) is 5.69 Å². The molecule has 3 nitrogen and oxygen atoms in total.